The second-order valence-corrected chi connectivity index (χ2v) is 17.4. The van der Waals surface area contributed by atoms with Crippen LogP contribution in [-0.2, 0) is 0 Å². The highest BCUT2D eigenvalue weighted by Gasteiger charge is 2.25. The SMILES string of the molecule is c1ccc(N(c2ccccc2)c2ccc3c(c2)c2c(c4cc(N(c5ccccc5)c5ccccc5)ccc4n2-c2ccc(-c4cccc5ccccc45)cc2)n3-c2ccc3ccccc3c2)cc1. The van der Waals surface area contributed by atoms with Crippen LogP contribution in [0.3, 0.4) is 0 Å². The molecule has 13 aromatic rings. The molecule has 0 bridgehead atoms. The van der Waals surface area contributed by atoms with Crippen LogP contribution in [0.1, 0.15) is 0 Å². The van der Waals surface area contributed by atoms with Crippen LogP contribution < -0.4 is 9.80 Å². The van der Waals surface area contributed by atoms with E-state index in [9.17, 15) is 0 Å². The Morgan fingerprint density at radius 1 is 0.250 bits per heavy atom. The van der Waals surface area contributed by atoms with E-state index in [4.69, 9.17) is 0 Å². The summed E-state index contributed by atoms with van der Waals surface area (Å²) in [6.07, 6.45) is 0. The first kappa shape index (κ1) is 39.3. The predicted octanol–water partition coefficient (Wildman–Crippen LogP) is 17.6. The number of hydrogen-bond acceptors (Lipinski definition) is 2. The van der Waals surface area contributed by atoms with Gasteiger partial charge in [0, 0.05) is 56.3 Å². The molecule has 0 atom stereocenters. The van der Waals surface area contributed by atoms with Gasteiger partial charge in [-0.05, 0) is 142 Å². The van der Waals surface area contributed by atoms with Gasteiger partial charge in [-0.25, -0.2) is 0 Å². The van der Waals surface area contributed by atoms with Crippen molar-refractivity contribution >= 4 is 88.5 Å². The van der Waals surface area contributed by atoms with Crippen LogP contribution >= 0.6 is 0 Å². The molecule has 320 valence electrons. The Hall–Kier alpha value is -9.12. The zero-order valence-electron chi connectivity index (χ0n) is 37.2. The maximum Gasteiger partial charge on any atom is 0.0804 e. The fourth-order valence-electron chi connectivity index (χ4n) is 10.4. The van der Waals surface area contributed by atoms with E-state index in [-0.39, 0.29) is 0 Å². The van der Waals surface area contributed by atoms with Crippen LogP contribution in [0.25, 0.3) is 76.9 Å². The minimum absolute atomic E-state index is 1.08. The Labute approximate surface area is 395 Å². The van der Waals surface area contributed by atoms with Gasteiger partial charge in [-0.3, -0.25) is 0 Å². The Morgan fingerprint density at radius 3 is 1.21 bits per heavy atom. The maximum absolute atomic E-state index is 2.50. The first-order chi connectivity index (χ1) is 33.7. The van der Waals surface area contributed by atoms with Crippen molar-refractivity contribution in [2.75, 3.05) is 9.80 Å². The molecule has 4 heteroatoms. The van der Waals surface area contributed by atoms with Gasteiger partial charge in [0.15, 0.2) is 0 Å². The second kappa shape index (κ2) is 16.4. The molecule has 0 aliphatic rings. The molecule has 0 spiro atoms. The van der Waals surface area contributed by atoms with Crippen molar-refractivity contribution in [2.24, 2.45) is 0 Å². The van der Waals surface area contributed by atoms with Gasteiger partial charge >= 0.3 is 0 Å². The summed E-state index contributed by atoms with van der Waals surface area (Å²) in [5.74, 6) is 0. The fourth-order valence-corrected chi connectivity index (χ4v) is 10.4. The molecule has 0 fully saturated rings. The molecule has 0 N–H and O–H groups in total. The van der Waals surface area contributed by atoms with Gasteiger partial charge < -0.3 is 18.9 Å². The lowest BCUT2D eigenvalue weighted by Gasteiger charge is -2.26. The van der Waals surface area contributed by atoms with Crippen molar-refractivity contribution in [3.05, 3.63) is 267 Å². The van der Waals surface area contributed by atoms with Crippen molar-refractivity contribution in [1.82, 2.24) is 9.13 Å². The molecule has 68 heavy (non-hydrogen) atoms. The lowest BCUT2D eigenvalue weighted by atomic mass is 9.98. The highest BCUT2D eigenvalue weighted by molar-refractivity contribution is 6.21. The van der Waals surface area contributed by atoms with Gasteiger partial charge in [-0.15, -0.1) is 0 Å². The first-order valence-electron chi connectivity index (χ1n) is 23.3. The first-order valence-corrected chi connectivity index (χ1v) is 23.3. The van der Waals surface area contributed by atoms with E-state index in [1.54, 1.807) is 0 Å². The van der Waals surface area contributed by atoms with Gasteiger partial charge in [0.2, 0.25) is 0 Å². The predicted molar refractivity (Wildman–Crippen MR) is 287 cm³/mol. The quantitative estimate of drug-likeness (QED) is 0.144. The third-order valence-electron chi connectivity index (χ3n) is 13.4. The summed E-state index contributed by atoms with van der Waals surface area (Å²) in [5, 5.41) is 7.20. The van der Waals surface area contributed by atoms with Crippen molar-refractivity contribution in [3.8, 4) is 22.5 Å². The van der Waals surface area contributed by atoms with E-state index in [1.807, 2.05) is 0 Å². The molecule has 0 unspecified atom stereocenters. The number of benzene rings is 11. The fraction of sp³-hybridized carbons (Fsp3) is 0. The molecule has 2 heterocycles. The smallest absolute Gasteiger partial charge is 0.0804 e. The molecule has 4 nitrogen and oxygen atoms in total. The number of nitrogens with zero attached hydrogens (tertiary/aromatic N) is 4. The minimum Gasteiger partial charge on any atom is -0.310 e. The van der Waals surface area contributed by atoms with Crippen LogP contribution in [0.15, 0.2) is 267 Å². The summed E-state index contributed by atoms with van der Waals surface area (Å²) in [6, 6.07) is 96.7. The van der Waals surface area contributed by atoms with Gasteiger partial charge in [0.05, 0.1) is 22.1 Å². The molecule has 13 rings (SSSR count). The molecular weight excluding hydrogens is 825 g/mol. The number of anilines is 6. The summed E-state index contributed by atoms with van der Waals surface area (Å²) >= 11 is 0. The Bertz CT molecular complexity index is 3780. The van der Waals surface area contributed by atoms with Crippen LogP contribution in [0.2, 0.25) is 0 Å². The van der Waals surface area contributed by atoms with Crippen LogP contribution in [0, 0.1) is 0 Å². The highest BCUT2D eigenvalue weighted by atomic mass is 15.2. The molecule has 11 aromatic carbocycles. The Morgan fingerprint density at radius 2 is 0.676 bits per heavy atom. The second-order valence-electron chi connectivity index (χ2n) is 17.4. The van der Waals surface area contributed by atoms with E-state index >= 15 is 0 Å². The standard InChI is InChI=1S/C64H44N4/c1-5-22-49(23-6-1)65(50-24-7-2-8-25-50)55-38-40-61-59(43-55)64-63(67(61)53-35-33-47(34-36-53)58-31-17-21-46-19-15-16-30-57(46)58)60-44-56(66(51-26-9-3-10-27-51)52-28-11-4-12-29-52)39-41-62(60)68(64)54-37-32-45-18-13-14-20-48(45)42-54/h1-44H. The largest absolute Gasteiger partial charge is 0.310 e. The number of fused-ring (bicyclic) bond motifs is 7. The van der Waals surface area contributed by atoms with Gasteiger partial charge in [-0.2, -0.15) is 0 Å². The number of aromatic nitrogens is 2. The average molecular weight is 869 g/mol. The molecule has 0 aliphatic carbocycles. The topological polar surface area (TPSA) is 16.3 Å². The molecule has 0 saturated carbocycles. The minimum atomic E-state index is 1.08. The third-order valence-corrected chi connectivity index (χ3v) is 13.4. The normalized spacial score (nSPS) is 11.5. The average Bonchev–Trinajstić information content (AvgIpc) is 3.92. The Kier molecular flexibility index (Phi) is 9.47. The molecule has 0 saturated heterocycles. The number of para-hydroxylation sites is 4. The summed E-state index contributed by atoms with van der Waals surface area (Å²) in [5.41, 5.74) is 15.7. The third kappa shape index (κ3) is 6.61. The molecule has 2 aromatic heterocycles. The molecular formula is C64H44N4. The van der Waals surface area contributed by atoms with Crippen molar-refractivity contribution in [2.45, 2.75) is 0 Å². The zero-order chi connectivity index (χ0) is 45.0. The lowest BCUT2D eigenvalue weighted by Crippen LogP contribution is -2.09. The number of hydrogen-bond donors (Lipinski definition) is 0. The summed E-state index contributed by atoms with van der Waals surface area (Å²) < 4.78 is 4.99. The van der Waals surface area contributed by atoms with Crippen molar-refractivity contribution in [3.63, 3.8) is 0 Å². The van der Waals surface area contributed by atoms with E-state index in [0.717, 1.165) is 78.3 Å². The summed E-state index contributed by atoms with van der Waals surface area (Å²) in [6.45, 7) is 0. The Balaban J connectivity index is 1.13. The molecule has 0 aliphatic heterocycles. The number of rotatable bonds is 9. The zero-order valence-corrected chi connectivity index (χ0v) is 37.2. The van der Waals surface area contributed by atoms with Crippen LogP contribution in [0.5, 0.6) is 0 Å². The lowest BCUT2D eigenvalue weighted by molar-refractivity contribution is 1.18. The van der Waals surface area contributed by atoms with Crippen LogP contribution in [0.4, 0.5) is 34.1 Å². The maximum atomic E-state index is 2.50. The van der Waals surface area contributed by atoms with Gasteiger partial charge in [-0.1, -0.05) is 158 Å². The van der Waals surface area contributed by atoms with E-state index < -0.39 is 0 Å². The van der Waals surface area contributed by atoms with E-state index in [1.165, 1.54) is 32.7 Å². The van der Waals surface area contributed by atoms with Gasteiger partial charge in [0.25, 0.3) is 0 Å². The molecule has 0 amide bonds. The monoisotopic (exact) mass is 868 g/mol. The summed E-state index contributed by atoms with van der Waals surface area (Å²) in [7, 11) is 0. The van der Waals surface area contributed by atoms with Gasteiger partial charge in [0.1, 0.15) is 0 Å². The van der Waals surface area contributed by atoms with Crippen molar-refractivity contribution < 1.29 is 0 Å². The van der Waals surface area contributed by atoms with E-state index in [2.05, 4.69) is 286 Å². The molecule has 0 radical (unpaired) electrons. The highest BCUT2D eigenvalue weighted by Crippen LogP contribution is 2.46. The van der Waals surface area contributed by atoms with Crippen LogP contribution in [-0.4, -0.2) is 9.13 Å². The summed E-state index contributed by atoms with van der Waals surface area (Å²) in [4.78, 5) is 4.72. The van der Waals surface area contributed by atoms with Crippen molar-refractivity contribution in [1.29, 1.82) is 0 Å². The van der Waals surface area contributed by atoms with E-state index in [0.29, 0.717) is 0 Å².